The summed E-state index contributed by atoms with van der Waals surface area (Å²) in [6.07, 6.45) is 3.51. The van der Waals surface area contributed by atoms with Gasteiger partial charge in [-0.05, 0) is 49.9 Å². The number of rotatable bonds is 1. The second-order valence-electron chi connectivity index (χ2n) is 4.41. The second-order valence-corrected chi connectivity index (χ2v) is 4.41. The van der Waals surface area contributed by atoms with E-state index in [0.717, 1.165) is 31.5 Å². The monoisotopic (exact) mass is 220 g/mol. The Labute approximate surface area is 95.6 Å². The van der Waals surface area contributed by atoms with Gasteiger partial charge in [-0.2, -0.15) is 0 Å². The first-order chi connectivity index (χ1) is 7.66. The van der Waals surface area contributed by atoms with Gasteiger partial charge in [0.15, 0.2) is 0 Å². The van der Waals surface area contributed by atoms with Crippen molar-refractivity contribution in [3.05, 3.63) is 35.1 Å². The summed E-state index contributed by atoms with van der Waals surface area (Å²) in [5.41, 5.74) is 1.57. The zero-order valence-electron chi connectivity index (χ0n) is 9.59. The number of halogens is 1. The maximum atomic E-state index is 13.2. The Kier molecular flexibility index (Phi) is 3.22. The van der Waals surface area contributed by atoms with Crippen LogP contribution in [0.3, 0.4) is 0 Å². The molecule has 1 saturated heterocycles. The first-order valence-corrected chi connectivity index (χ1v) is 5.78. The third-order valence-electron chi connectivity index (χ3n) is 2.99. The third kappa shape index (κ3) is 2.40. The van der Waals surface area contributed by atoms with Crippen LogP contribution < -0.4 is 0 Å². The van der Waals surface area contributed by atoms with Gasteiger partial charge in [-0.1, -0.05) is 0 Å². The van der Waals surface area contributed by atoms with Crippen molar-refractivity contribution in [1.29, 1.82) is 5.41 Å². The molecule has 0 aromatic heterocycles. The van der Waals surface area contributed by atoms with Gasteiger partial charge in [-0.15, -0.1) is 0 Å². The summed E-state index contributed by atoms with van der Waals surface area (Å²) < 4.78 is 13.2. The Bertz CT molecular complexity index is 375. The van der Waals surface area contributed by atoms with E-state index >= 15 is 0 Å². The molecule has 0 radical (unpaired) electrons. The predicted molar refractivity (Wildman–Crippen MR) is 63.4 cm³/mol. The molecule has 1 aromatic rings. The number of hydrogen-bond donors (Lipinski definition) is 1. The normalized spacial score (nSPS) is 16.2. The molecule has 86 valence electrons. The Balaban J connectivity index is 2.19. The van der Waals surface area contributed by atoms with Crippen molar-refractivity contribution >= 4 is 5.84 Å². The molecule has 0 aliphatic carbocycles. The zero-order chi connectivity index (χ0) is 11.5. The van der Waals surface area contributed by atoms with Gasteiger partial charge in [0.05, 0.1) is 0 Å². The zero-order valence-corrected chi connectivity index (χ0v) is 9.59. The van der Waals surface area contributed by atoms with Crippen LogP contribution in [-0.4, -0.2) is 23.8 Å². The highest BCUT2D eigenvalue weighted by Gasteiger charge is 2.15. The highest BCUT2D eigenvalue weighted by Crippen LogP contribution is 2.15. The van der Waals surface area contributed by atoms with Crippen molar-refractivity contribution in [3.63, 3.8) is 0 Å². The van der Waals surface area contributed by atoms with E-state index in [2.05, 4.69) is 0 Å². The molecular formula is C13H17FN2. The van der Waals surface area contributed by atoms with Crippen LogP contribution in [0.2, 0.25) is 0 Å². The van der Waals surface area contributed by atoms with E-state index < -0.39 is 0 Å². The summed E-state index contributed by atoms with van der Waals surface area (Å²) in [7, 11) is 0. The molecule has 0 amide bonds. The minimum absolute atomic E-state index is 0.253. The molecule has 2 nitrogen and oxygen atoms in total. The van der Waals surface area contributed by atoms with E-state index in [0.29, 0.717) is 11.4 Å². The van der Waals surface area contributed by atoms with Crippen molar-refractivity contribution in [2.75, 3.05) is 13.1 Å². The minimum Gasteiger partial charge on any atom is -0.357 e. The lowest BCUT2D eigenvalue weighted by Crippen LogP contribution is -2.35. The van der Waals surface area contributed by atoms with Crippen molar-refractivity contribution in [1.82, 2.24) is 4.90 Å². The van der Waals surface area contributed by atoms with Crippen LogP contribution in [0.5, 0.6) is 0 Å². The van der Waals surface area contributed by atoms with Gasteiger partial charge in [-0.3, -0.25) is 5.41 Å². The van der Waals surface area contributed by atoms with Crippen molar-refractivity contribution < 1.29 is 4.39 Å². The lowest BCUT2D eigenvalue weighted by molar-refractivity contribution is 0.341. The molecule has 0 unspecified atom stereocenters. The number of benzene rings is 1. The van der Waals surface area contributed by atoms with Gasteiger partial charge in [-0.25, -0.2) is 4.39 Å². The molecule has 0 bridgehead atoms. The van der Waals surface area contributed by atoms with Crippen LogP contribution in [0.15, 0.2) is 18.2 Å². The van der Waals surface area contributed by atoms with Gasteiger partial charge in [0, 0.05) is 18.7 Å². The fraction of sp³-hybridized carbons (Fsp3) is 0.462. The summed E-state index contributed by atoms with van der Waals surface area (Å²) in [5, 5.41) is 8.08. The van der Waals surface area contributed by atoms with Crippen LogP contribution >= 0.6 is 0 Å². The summed E-state index contributed by atoms with van der Waals surface area (Å²) in [6, 6.07) is 4.82. The van der Waals surface area contributed by atoms with Crippen LogP contribution in [0, 0.1) is 18.2 Å². The molecule has 0 saturated carbocycles. The van der Waals surface area contributed by atoms with Crippen molar-refractivity contribution in [3.8, 4) is 0 Å². The van der Waals surface area contributed by atoms with E-state index in [1.807, 2.05) is 17.9 Å². The standard InChI is InChI=1S/C13H17FN2/c1-10-7-11(9-12(14)8-10)13(15)16-5-3-2-4-6-16/h7-9,15H,2-6H2,1H3. The minimum atomic E-state index is -0.253. The maximum absolute atomic E-state index is 13.2. The second kappa shape index (κ2) is 4.64. The number of likely N-dealkylation sites (tertiary alicyclic amines) is 1. The number of nitrogens with zero attached hydrogens (tertiary/aromatic N) is 1. The van der Waals surface area contributed by atoms with Crippen LogP contribution in [0.1, 0.15) is 30.4 Å². The Morgan fingerprint density at radius 2 is 1.88 bits per heavy atom. The summed E-state index contributed by atoms with van der Waals surface area (Å²) in [6.45, 7) is 3.71. The van der Waals surface area contributed by atoms with Crippen LogP contribution in [-0.2, 0) is 0 Å². The number of piperidine rings is 1. The Morgan fingerprint density at radius 1 is 1.19 bits per heavy atom. The van der Waals surface area contributed by atoms with Gasteiger partial charge >= 0.3 is 0 Å². The smallest absolute Gasteiger partial charge is 0.128 e. The van der Waals surface area contributed by atoms with Crippen LogP contribution in [0.4, 0.5) is 4.39 Å². The topological polar surface area (TPSA) is 27.1 Å². The SMILES string of the molecule is Cc1cc(F)cc(C(=N)N2CCCCC2)c1. The Morgan fingerprint density at radius 3 is 2.50 bits per heavy atom. The molecule has 0 spiro atoms. The fourth-order valence-corrected chi connectivity index (χ4v) is 2.17. The van der Waals surface area contributed by atoms with Crippen molar-refractivity contribution in [2.24, 2.45) is 0 Å². The predicted octanol–water partition coefficient (Wildman–Crippen LogP) is 2.95. The van der Waals surface area contributed by atoms with Crippen LogP contribution in [0.25, 0.3) is 0 Å². The van der Waals surface area contributed by atoms with E-state index in [1.54, 1.807) is 0 Å². The molecule has 0 atom stereocenters. The highest BCUT2D eigenvalue weighted by molar-refractivity contribution is 5.96. The molecule has 1 fully saturated rings. The number of hydrogen-bond acceptors (Lipinski definition) is 1. The van der Waals surface area contributed by atoms with Gasteiger partial charge < -0.3 is 4.90 Å². The number of nitrogens with one attached hydrogen (secondary N) is 1. The molecule has 16 heavy (non-hydrogen) atoms. The lowest BCUT2D eigenvalue weighted by Gasteiger charge is -2.29. The summed E-state index contributed by atoms with van der Waals surface area (Å²) >= 11 is 0. The summed E-state index contributed by atoms with van der Waals surface area (Å²) in [5.74, 6) is 0.207. The Hall–Kier alpha value is -1.38. The highest BCUT2D eigenvalue weighted by atomic mass is 19.1. The first-order valence-electron chi connectivity index (χ1n) is 5.78. The molecule has 1 N–H and O–H groups in total. The lowest BCUT2D eigenvalue weighted by atomic mass is 10.1. The molecule has 1 aliphatic heterocycles. The summed E-state index contributed by atoms with van der Waals surface area (Å²) in [4.78, 5) is 2.04. The van der Waals surface area contributed by atoms with E-state index in [1.165, 1.54) is 18.6 Å². The fourth-order valence-electron chi connectivity index (χ4n) is 2.17. The third-order valence-corrected chi connectivity index (χ3v) is 2.99. The van der Waals surface area contributed by atoms with E-state index in [9.17, 15) is 4.39 Å². The number of amidine groups is 1. The average Bonchev–Trinajstić information content (AvgIpc) is 2.28. The molecular weight excluding hydrogens is 203 g/mol. The molecule has 2 rings (SSSR count). The maximum Gasteiger partial charge on any atom is 0.128 e. The van der Waals surface area contributed by atoms with Crippen molar-refractivity contribution in [2.45, 2.75) is 26.2 Å². The molecule has 1 aromatic carbocycles. The van der Waals surface area contributed by atoms with Gasteiger partial charge in [0.25, 0.3) is 0 Å². The molecule has 1 aliphatic rings. The molecule has 1 heterocycles. The van der Waals surface area contributed by atoms with E-state index in [4.69, 9.17) is 5.41 Å². The quantitative estimate of drug-likeness (QED) is 0.571. The average molecular weight is 220 g/mol. The van der Waals surface area contributed by atoms with Gasteiger partial charge in [0.2, 0.25) is 0 Å². The first kappa shape index (κ1) is 11.1. The molecule has 3 heteroatoms. The largest absolute Gasteiger partial charge is 0.357 e. The number of aryl methyl sites for hydroxylation is 1. The van der Waals surface area contributed by atoms with E-state index in [-0.39, 0.29) is 5.82 Å². The van der Waals surface area contributed by atoms with Gasteiger partial charge in [0.1, 0.15) is 11.7 Å².